The highest BCUT2D eigenvalue weighted by atomic mass is 19.4. The normalized spacial score (nSPS) is 11.1. The number of aromatic nitrogens is 2. The summed E-state index contributed by atoms with van der Waals surface area (Å²) in [6.45, 7) is 39.5. The highest BCUT2D eigenvalue weighted by Crippen LogP contribution is 2.49. The maximum absolute atomic E-state index is 14.7. The minimum Gasteiger partial charge on any atom is -0.310 e. The molecule has 0 spiro atoms. The second-order valence-corrected chi connectivity index (χ2v) is 12.2. The molecule has 0 aliphatic carbocycles. The Kier molecular flexibility index (Phi) is 7.39. The van der Waals surface area contributed by atoms with Gasteiger partial charge >= 0.3 is 6.18 Å². The first-order valence-electron chi connectivity index (χ1n) is 16.0. The van der Waals surface area contributed by atoms with Crippen molar-refractivity contribution in [2.45, 2.75) is 6.18 Å². The molecule has 0 atom stereocenters. The van der Waals surface area contributed by atoms with E-state index in [0.717, 1.165) is 12.1 Å². The van der Waals surface area contributed by atoms with Gasteiger partial charge in [0.15, 0.2) is 28.4 Å². The highest BCUT2D eigenvalue weighted by molar-refractivity contribution is 6.13. The maximum Gasteiger partial charge on any atom is 0.415 e. The molecule has 0 fully saturated rings. The van der Waals surface area contributed by atoms with Gasteiger partial charge in [-0.25, -0.2) is 24.2 Å². The number of alkyl halides is 3. The molecule has 0 N–H and O–H groups in total. The monoisotopic (exact) mass is 702 g/mol. The van der Waals surface area contributed by atoms with Gasteiger partial charge in [0.1, 0.15) is 0 Å². The number of hydrogen-bond donors (Lipinski definition) is 0. The molecule has 8 aromatic rings. The van der Waals surface area contributed by atoms with Gasteiger partial charge in [0.25, 0.3) is 0 Å². The smallest absolute Gasteiger partial charge is 0.310 e. The Balaban J connectivity index is 1.66. The molecule has 11 heteroatoms. The molecule has 0 aliphatic heterocycles. The second-order valence-electron chi connectivity index (χ2n) is 12.2. The van der Waals surface area contributed by atoms with Gasteiger partial charge in [-0.3, -0.25) is 0 Å². The van der Waals surface area contributed by atoms with Crippen molar-refractivity contribution in [3.63, 3.8) is 0 Å². The quantitative estimate of drug-likeness (QED) is 0.169. The van der Waals surface area contributed by atoms with E-state index in [4.69, 9.17) is 32.9 Å². The first-order valence-corrected chi connectivity index (χ1v) is 16.0. The molecule has 54 heavy (non-hydrogen) atoms. The number of rotatable bonds is 3. The minimum atomic E-state index is -4.88. The van der Waals surface area contributed by atoms with E-state index in [1.54, 1.807) is 81.9 Å². The Morgan fingerprint density at radius 2 is 0.981 bits per heavy atom. The van der Waals surface area contributed by atoms with E-state index in [-0.39, 0.29) is 34.0 Å². The second kappa shape index (κ2) is 12.2. The molecule has 250 valence electrons. The Hall–Kier alpha value is -8.35. The summed E-state index contributed by atoms with van der Waals surface area (Å²) >= 11 is 0. The molecule has 8 rings (SSSR count). The van der Waals surface area contributed by atoms with Crippen molar-refractivity contribution in [3.05, 3.63) is 171 Å². The zero-order chi connectivity index (χ0) is 37.9. The molecule has 8 nitrogen and oxygen atoms in total. The van der Waals surface area contributed by atoms with E-state index in [9.17, 15) is 18.4 Å². The Labute approximate surface area is 305 Å². The van der Waals surface area contributed by atoms with Crippen LogP contribution in [0.15, 0.2) is 103 Å². The van der Waals surface area contributed by atoms with Crippen LogP contribution in [-0.2, 0) is 6.18 Å². The lowest BCUT2D eigenvalue weighted by Crippen LogP contribution is -2.08. The fourth-order valence-electron chi connectivity index (χ4n) is 7.17. The molecule has 0 radical (unpaired) electrons. The molecule has 0 saturated heterocycles. The van der Waals surface area contributed by atoms with Crippen molar-refractivity contribution in [3.8, 4) is 28.6 Å². The summed E-state index contributed by atoms with van der Waals surface area (Å²) < 4.78 is 47.7. The van der Waals surface area contributed by atoms with Crippen molar-refractivity contribution in [2.75, 3.05) is 0 Å². The summed E-state index contributed by atoms with van der Waals surface area (Å²) in [5.41, 5.74) is 1.59. The fourth-order valence-corrected chi connectivity index (χ4v) is 7.17. The van der Waals surface area contributed by atoms with Crippen LogP contribution in [-0.4, -0.2) is 9.13 Å². The zero-order valence-electron chi connectivity index (χ0n) is 27.5. The van der Waals surface area contributed by atoms with Gasteiger partial charge in [-0.05, 0) is 53.6 Å². The molecule has 2 heterocycles. The van der Waals surface area contributed by atoms with E-state index >= 15 is 0 Å². The molecule has 2 aromatic heterocycles. The molecule has 0 saturated carbocycles. The largest absolute Gasteiger partial charge is 0.415 e. The third-order valence-corrected chi connectivity index (χ3v) is 9.43. The lowest BCUT2D eigenvalue weighted by molar-refractivity contribution is -0.137. The number of benzene rings is 6. The van der Waals surface area contributed by atoms with E-state index in [1.807, 2.05) is 0 Å². The van der Waals surface area contributed by atoms with Gasteiger partial charge in [0.2, 0.25) is 0 Å². The summed E-state index contributed by atoms with van der Waals surface area (Å²) in [6.07, 6.45) is -4.88. The third kappa shape index (κ3) is 4.87. The number of nitriles is 1. The van der Waals surface area contributed by atoms with Gasteiger partial charge in [-0.2, -0.15) is 18.4 Å². The molecular weight excluding hydrogens is 686 g/mol. The Morgan fingerprint density at radius 1 is 0.519 bits per heavy atom. The summed E-state index contributed by atoms with van der Waals surface area (Å²) in [7, 11) is 0. The van der Waals surface area contributed by atoms with Crippen LogP contribution < -0.4 is 0 Å². The van der Waals surface area contributed by atoms with Crippen molar-refractivity contribution in [1.29, 1.82) is 5.26 Å². The van der Waals surface area contributed by atoms with Crippen molar-refractivity contribution in [1.82, 2.24) is 9.13 Å². The lowest BCUT2D eigenvalue weighted by Gasteiger charge is -2.22. The van der Waals surface area contributed by atoms with Crippen LogP contribution in [0.5, 0.6) is 0 Å². The summed E-state index contributed by atoms with van der Waals surface area (Å²) in [5.74, 6) is 0. The van der Waals surface area contributed by atoms with Crippen molar-refractivity contribution in [2.24, 2.45) is 0 Å². The summed E-state index contributed by atoms with van der Waals surface area (Å²) in [6, 6.07) is 28.7. The number of nitrogens with zero attached hydrogens (tertiary/aromatic N) is 8. The average molecular weight is 703 g/mol. The first-order chi connectivity index (χ1) is 26.1. The van der Waals surface area contributed by atoms with Crippen LogP contribution in [0.3, 0.4) is 0 Å². The average Bonchev–Trinajstić information content (AvgIpc) is 3.70. The zero-order valence-corrected chi connectivity index (χ0v) is 27.5. The van der Waals surface area contributed by atoms with Gasteiger partial charge in [0.05, 0.1) is 66.9 Å². The van der Waals surface area contributed by atoms with Crippen LogP contribution in [0.1, 0.15) is 11.1 Å². The van der Waals surface area contributed by atoms with Crippen LogP contribution >= 0.6 is 0 Å². The molecule has 6 aromatic carbocycles. The molecule has 0 aliphatic rings. The van der Waals surface area contributed by atoms with Gasteiger partial charge in [-0.15, -0.1) is 0 Å². The van der Waals surface area contributed by atoms with E-state index < -0.39 is 17.3 Å². The first kappa shape index (κ1) is 32.8. The Bertz CT molecular complexity index is 3090. The number of fused-ring (bicyclic) bond motifs is 6. The maximum atomic E-state index is 14.7. The number of hydrogen-bond acceptors (Lipinski definition) is 1. The predicted molar refractivity (Wildman–Crippen MR) is 202 cm³/mol. The standard InChI is InChI=1S/C43H17F3N8/c1-48-25-10-14-29-28-13-9-24(23-47)17-36(28)53(37(29)18-25)41-22-35(52-5)32(42-33(43(44,45)46)7-6-8-34(42)51-4)21-40(41)54-38-19-26(49-2)11-15-30(38)31-16-12-27(50-3)20-39(31)54/h6-22H. The van der Waals surface area contributed by atoms with E-state index in [1.165, 1.54) is 18.2 Å². The topological polar surface area (TPSA) is 55.4 Å². The molecular formula is C43H17F3N8. The number of halogens is 3. The van der Waals surface area contributed by atoms with Crippen LogP contribution in [0, 0.1) is 44.2 Å². The van der Waals surface area contributed by atoms with Crippen LogP contribution in [0.25, 0.3) is 90.3 Å². The SMILES string of the molecule is [C-]#[N+]c1ccc2c3ccc(C#N)cc3n(-c3cc([N+]#[C-])c(-c4c([N+]#[C-])cccc4C(F)(F)F)cc3-n3c4cc([N+]#[C-])ccc4c4ccc([N+]#[C-])cc43)c2c1. The van der Waals surface area contributed by atoms with Gasteiger partial charge in [0, 0.05) is 38.1 Å². The summed E-state index contributed by atoms with van der Waals surface area (Å²) in [4.78, 5) is 18.1. The minimum absolute atomic E-state index is 0.152. The van der Waals surface area contributed by atoms with E-state index in [0.29, 0.717) is 60.5 Å². The molecule has 0 unspecified atom stereocenters. The molecule has 0 amide bonds. The van der Waals surface area contributed by atoms with E-state index in [2.05, 4.69) is 30.3 Å². The van der Waals surface area contributed by atoms with Crippen LogP contribution in [0.4, 0.5) is 41.6 Å². The van der Waals surface area contributed by atoms with Gasteiger partial charge in [-0.1, -0.05) is 60.7 Å². The van der Waals surface area contributed by atoms with Crippen molar-refractivity contribution >= 4 is 72.0 Å². The van der Waals surface area contributed by atoms with Crippen molar-refractivity contribution < 1.29 is 13.2 Å². The highest BCUT2D eigenvalue weighted by Gasteiger charge is 2.36. The predicted octanol–water partition coefficient (Wildman–Crippen LogP) is 13.2. The molecule has 0 bridgehead atoms. The lowest BCUT2D eigenvalue weighted by atomic mass is 9.94. The van der Waals surface area contributed by atoms with Crippen LogP contribution in [0.2, 0.25) is 0 Å². The third-order valence-electron chi connectivity index (χ3n) is 9.43. The fraction of sp³-hybridized carbons (Fsp3) is 0.0233. The Morgan fingerprint density at radius 3 is 1.43 bits per heavy atom. The van der Waals surface area contributed by atoms with Gasteiger partial charge < -0.3 is 9.13 Å². The summed E-state index contributed by atoms with van der Waals surface area (Å²) in [5, 5.41) is 12.7.